The third-order valence-electron chi connectivity index (χ3n) is 3.39. The Labute approximate surface area is 85.4 Å². The van der Waals surface area contributed by atoms with Crippen LogP contribution in [0.25, 0.3) is 0 Å². The first kappa shape index (κ1) is 9.81. The van der Waals surface area contributed by atoms with Crippen LogP contribution < -0.4 is 5.32 Å². The summed E-state index contributed by atoms with van der Waals surface area (Å²) in [5.41, 5.74) is 0. The van der Waals surface area contributed by atoms with Crippen molar-refractivity contribution >= 4 is 11.8 Å². The zero-order chi connectivity index (χ0) is 9.31. The van der Waals surface area contributed by atoms with E-state index < -0.39 is 0 Å². The van der Waals surface area contributed by atoms with E-state index in [2.05, 4.69) is 35.9 Å². The standard InChI is InChI=1S/C10H20N2S/c1-9-8-10(4-6-12(9)2)11-5-3-7-13-10/h9,11H,3-8H2,1-2H3. The van der Waals surface area contributed by atoms with E-state index in [-0.39, 0.29) is 0 Å². The zero-order valence-corrected chi connectivity index (χ0v) is 9.49. The van der Waals surface area contributed by atoms with Gasteiger partial charge in [-0.15, -0.1) is 11.8 Å². The summed E-state index contributed by atoms with van der Waals surface area (Å²) < 4.78 is 0. The van der Waals surface area contributed by atoms with E-state index >= 15 is 0 Å². The number of nitrogens with zero attached hydrogens (tertiary/aromatic N) is 1. The molecule has 13 heavy (non-hydrogen) atoms. The van der Waals surface area contributed by atoms with Crippen LogP contribution in [0.15, 0.2) is 0 Å². The molecule has 2 rings (SSSR count). The minimum absolute atomic E-state index is 0.435. The van der Waals surface area contributed by atoms with Crippen molar-refractivity contribution in [1.82, 2.24) is 10.2 Å². The van der Waals surface area contributed by atoms with Crippen LogP contribution in [-0.2, 0) is 0 Å². The van der Waals surface area contributed by atoms with Crippen LogP contribution in [0, 0.1) is 0 Å². The van der Waals surface area contributed by atoms with Gasteiger partial charge in [0.15, 0.2) is 0 Å². The fourth-order valence-electron chi connectivity index (χ4n) is 2.31. The molecule has 0 amide bonds. The molecule has 1 N–H and O–H groups in total. The minimum Gasteiger partial charge on any atom is -0.303 e. The molecule has 76 valence electrons. The van der Waals surface area contributed by atoms with Crippen molar-refractivity contribution in [2.45, 2.75) is 37.1 Å². The lowest BCUT2D eigenvalue weighted by atomic mass is 9.98. The van der Waals surface area contributed by atoms with Crippen molar-refractivity contribution in [3.05, 3.63) is 0 Å². The van der Waals surface area contributed by atoms with Gasteiger partial charge in [-0.05, 0) is 45.5 Å². The Morgan fingerprint density at radius 3 is 3.00 bits per heavy atom. The number of rotatable bonds is 0. The Morgan fingerprint density at radius 1 is 1.54 bits per heavy atom. The molecule has 2 fully saturated rings. The lowest BCUT2D eigenvalue weighted by molar-refractivity contribution is 0.153. The summed E-state index contributed by atoms with van der Waals surface area (Å²) in [5.74, 6) is 1.35. The first-order valence-corrected chi connectivity index (χ1v) is 6.30. The van der Waals surface area contributed by atoms with E-state index in [9.17, 15) is 0 Å². The maximum atomic E-state index is 3.72. The van der Waals surface area contributed by atoms with Crippen LogP contribution in [0.5, 0.6) is 0 Å². The van der Waals surface area contributed by atoms with Gasteiger partial charge in [-0.1, -0.05) is 0 Å². The summed E-state index contributed by atoms with van der Waals surface area (Å²) in [5, 5.41) is 3.72. The quantitative estimate of drug-likeness (QED) is 0.638. The molecule has 0 aromatic carbocycles. The minimum atomic E-state index is 0.435. The van der Waals surface area contributed by atoms with Crippen LogP contribution in [0.1, 0.15) is 26.2 Å². The Morgan fingerprint density at radius 2 is 2.38 bits per heavy atom. The number of hydrogen-bond acceptors (Lipinski definition) is 3. The molecule has 0 saturated carbocycles. The molecule has 0 aliphatic carbocycles. The van der Waals surface area contributed by atoms with Crippen molar-refractivity contribution < 1.29 is 0 Å². The van der Waals surface area contributed by atoms with Gasteiger partial charge in [0.25, 0.3) is 0 Å². The average molecular weight is 200 g/mol. The molecule has 2 heterocycles. The summed E-state index contributed by atoms with van der Waals surface area (Å²) in [7, 11) is 2.24. The molecule has 1 spiro atoms. The molecule has 2 saturated heterocycles. The van der Waals surface area contributed by atoms with Crippen molar-refractivity contribution in [2.24, 2.45) is 0 Å². The Balaban J connectivity index is 1.99. The van der Waals surface area contributed by atoms with Gasteiger partial charge in [-0.3, -0.25) is 0 Å². The van der Waals surface area contributed by atoms with E-state index in [0.29, 0.717) is 4.87 Å². The fraction of sp³-hybridized carbons (Fsp3) is 1.00. The predicted molar refractivity (Wildman–Crippen MR) is 59.1 cm³/mol. The molecular weight excluding hydrogens is 180 g/mol. The molecule has 0 aromatic rings. The molecule has 3 heteroatoms. The van der Waals surface area contributed by atoms with Crippen molar-refractivity contribution in [2.75, 3.05) is 25.9 Å². The highest BCUT2D eigenvalue weighted by molar-refractivity contribution is 8.00. The van der Waals surface area contributed by atoms with Gasteiger partial charge < -0.3 is 10.2 Å². The average Bonchev–Trinajstić information content (AvgIpc) is 2.14. The highest BCUT2D eigenvalue weighted by Crippen LogP contribution is 2.38. The largest absolute Gasteiger partial charge is 0.303 e. The summed E-state index contributed by atoms with van der Waals surface area (Å²) in [6, 6.07) is 0.742. The molecule has 0 aromatic heterocycles. The van der Waals surface area contributed by atoms with Gasteiger partial charge in [-0.25, -0.2) is 0 Å². The fourth-order valence-corrected chi connectivity index (χ4v) is 3.79. The van der Waals surface area contributed by atoms with Crippen LogP contribution in [0.2, 0.25) is 0 Å². The summed E-state index contributed by atoms with van der Waals surface area (Å²) in [6.07, 6.45) is 3.98. The van der Waals surface area contributed by atoms with Gasteiger partial charge in [0.1, 0.15) is 0 Å². The maximum absolute atomic E-state index is 3.72. The van der Waals surface area contributed by atoms with E-state index in [1.165, 1.54) is 38.1 Å². The lowest BCUT2D eigenvalue weighted by Gasteiger charge is -2.46. The third kappa shape index (κ3) is 2.03. The van der Waals surface area contributed by atoms with E-state index in [1.807, 2.05) is 0 Å². The molecule has 2 atom stereocenters. The smallest absolute Gasteiger partial charge is 0.0672 e. The van der Waals surface area contributed by atoms with Crippen molar-refractivity contribution in [3.63, 3.8) is 0 Å². The number of hydrogen-bond donors (Lipinski definition) is 1. The lowest BCUT2D eigenvalue weighted by Crippen LogP contribution is -2.55. The van der Waals surface area contributed by atoms with Gasteiger partial charge in [0, 0.05) is 12.6 Å². The summed E-state index contributed by atoms with van der Waals surface area (Å²) in [4.78, 5) is 2.91. The van der Waals surface area contributed by atoms with E-state index in [1.54, 1.807) is 0 Å². The maximum Gasteiger partial charge on any atom is 0.0672 e. The van der Waals surface area contributed by atoms with Gasteiger partial charge in [0.2, 0.25) is 0 Å². The Hall–Kier alpha value is 0.270. The van der Waals surface area contributed by atoms with E-state index in [4.69, 9.17) is 0 Å². The third-order valence-corrected chi connectivity index (χ3v) is 4.95. The van der Waals surface area contributed by atoms with Crippen LogP contribution in [-0.4, -0.2) is 41.7 Å². The monoisotopic (exact) mass is 200 g/mol. The second kappa shape index (κ2) is 3.79. The summed E-state index contributed by atoms with van der Waals surface area (Å²) in [6.45, 7) is 4.82. The molecular formula is C10H20N2S. The van der Waals surface area contributed by atoms with E-state index in [0.717, 1.165) is 6.04 Å². The van der Waals surface area contributed by atoms with Crippen LogP contribution >= 0.6 is 11.8 Å². The van der Waals surface area contributed by atoms with Gasteiger partial charge >= 0.3 is 0 Å². The molecule has 0 radical (unpaired) electrons. The second-order valence-corrected chi connectivity index (χ2v) is 5.89. The van der Waals surface area contributed by atoms with Gasteiger partial charge in [0.05, 0.1) is 4.87 Å². The first-order valence-electron chi connectivity index (χ1n) is 5.31. The molecule has 2 aliphatic rings. The first-order chi connectivity index (χ1) is 6.22. The second-order valence-electron chi connectivity index (χ2n) is 4.41. The SMILES string of the molecule is CC1CC2(CCN1C)NCCCS2. The number of nitrogens with one attached hydrogen (secondary N) is 1. The predicted octanol–water partition coefficient (Wildman–Crippen LogP) is 1.52. The van der Waals surface area contributed by atoms with Gasteiger partial charge in [-0.2, -0.15) is 0 Å². The topological polar surface area (TPSA) is 15.3 Å². The van der Waals surface area contributed by atoms with Crippen molar-refractivity contribution in [3.8, 4) is 0 Å². The molecule has 2 aliphatic heterocycles. The molecule has 2 unspecified atom stereocenters. The highest BCUT2D eigenvalue weighted by Gasteiger charge is 2.38. The van der Waals surface area contributed by atoms with Crippen LogP contribution in [0.4, 0.5) is 0 Å². The zero-order valence-electron chi connectivity index (χ0n) is 8.68. The Bertz CT molecular complexity index is 178. The van der Waals surface area contributed by atoms with Crippen LogP contribution in [0.3, 0.4) is 0 Å². The molecule has 2 nitrogen and oxygen atoms in total. The highest BCUT2D eigenvalue weighted by atomic mass is 32.2. The normalized spacial score (nSPS) is 42.5. The molecule has 0 bridgehead atoms. The number of thioether (sulfide) groups is 1. The van der Waals surface area contributed by atoms with Crippen molar-refractivity contribution in [1.29, 1.82) is 0 Å². The number of piperidine rings is 1. The number of likely N-dealkylation sites (tertiary alicyclic amines) is 1. The summed E-state index contributed by atoms with van der Waals surface area (Å²) >= 11 is 2.15. The Kier molecular flexibility index (Phi) is 2.86.